The summed E-state index contributed by atoms with van der Waals surface area (Å²) in [5.74, 6) is 0.374. The van der Waals surface area contributed by atoms with Crippen LogP contribution in [-0.4, -0.2) is 6.21 Å². The summed E-state index contributed by atoms with van der Waals surface area (Å²) in [7, 11) is 0. The van der Waals surface area contributed by atoms with Gasteiger partial charge >= 0.3 is 0 Å². The number of hydrogen-bond donors (Lipinski definition) is 0. The summed E-state index contributed by atoms with van der Waals surface area (Å²) in [4.78, 5) is 4.11. The van der Waals surface area contributed by atoms with Crippen LogP contribution in [0.5, 0.6) is 0 Å². The minimum Gasteiger partial charge on any atom is -0.268 e. The smallest absolute Gasteiger partial charge is 0.0391 e. The van der Waals surface area contributed by atoms with Crippen LogP contribution in [0.25, 0.3) is 0 Å². The number of hydrogen-bond acceptors (Lipinski definition) is 1. The average Bonchev–Trinajstić information content (AvgIpc) is 2.69. The summed E-state index contributed by atoms with van der Waals surface area (Å²) in [5, 5.41) is 0. The Bertz CT molecular complexity index is 378. The zero-order chi connectivity index (χ0) is 10.9. The molecule has 0 radical (unpaired) electrons. The summed E-state index contributed by atoms with van der Waals surface area (Å²) in [6.07, 6.45) is 5.96. The number of allylic oxidation sites excluding steroid dienone is 1. The highest BCUT2D eigenvalue weighted by molar-refractivity contribution is 5.73. The molecule has 1 aromatic carbocycles. The van der Waals surface area contributed by atoms with Crippen LogP contribution >= 0.6 is 0 Å². The van der Waals surface area contributed by atoms with Crippen LogP contribution in [0.3, 0.4) is 0 Å². The van der Waals surface area contributed by atoms with E-state index in [9.17, 15) is 0 Å². The van der Waals surface area contributed by atoms with Crippen molar-refractivity contribution in [2.45, 2.75) is 32.1 Å². The van der Waals surface area contributed by atoms with Gasteiger partial charge in [0.15, 0.2) is 0 Å². The average molecular weight is 199 g/mol. The van der Waals surface area contributed by atoms with Crippen molar-refractivity contribution >= 4 is 6.21 Å². The molecule has 0 amide bonds. The molecule has 0 N–H and O–H groups in total. The fourth-order valence-corrected chi connectivity index (χ4v) is 1.74. The molecule has 1 heterocycles. The van der Waals surface area contributed by atoms with Crippen molar-refractivity contribution in [2.75, 3.05) is 0 Å². The van der Waals surface area contributed by atoms with Crippen LogP contribution in [0.2, 0.25) is 0 Å². The van der Waals surface area contributed by atoms with E-state index in [0.717, 1.165) is 0 Å². The molecule has 0 aliphatic carbocycles. The Labute approximate surface area is 91.6 Å². The molecule has 15 heavy (non-hydrogen) atoms. The predicted octanol–water partition coefficient (Wildman–Crippen LogP) is 3.67. The van der Waals surface area contributed by atoms with Gasteiger partial charge in [0.25, 0.3) is 0 Å². The minimum absolute atomic E-state index is 0.234. The Morgan fingerprint density at radius 1 is 1.07 bits per heavy atom. The highest BCUT2D eigenvalue weighted by Crippen LogP contribution is 2.25. The molecule has 0 saturated carbocycles. The number of benzene rings is 1. The quantitative estimate of drug-likeness (QED) is 0.654. The summed E-state index contributed by atoms with van der Waals surface area (Å²) in [6.45, 7) is 6.71. The maximum absolute atomic E-state index is 4.11. The molecule has 1 heteroatoms. The second-order valence-corrected chi connectivity index (χ2v) is 5.04. The molecule has 0 aromatic heterocycles. The summed E-state index contributed by atoms with van der Waals surface area (Å²) < 4.78 is 0. The third-order valence-corrected chi connectivity index (χ3v) is 2.79. The van der Waals surface area contributed by atoms with Gasteiger partial charge in [-0.05, 0) is 16.5 Å². The lowest BCUT2D eigenvalue weighted by molar-refractivity contribution is 0.590. The first kappa shape index (κ1) is 10.2. The highest BCUT2D eigenvalue weighted by atomic mass is 14.7. The maximum atomic E-state index is 4.11. The van der Waals surface area contributed by atoms with Gasteiger partial charge in [-0.2, -0.15) is 0 Å². The van der Waals surface area contributed by atoms with Crippen LogP contribution in [0.1, 0.15) is 37.8 Å². The van der Waals surface area contributed by atoms with E-state index in [-0.39, 0.29) is 5.41 Å². The van der Waals surface area contributed by atoms with E-state index in [0.29, 0.717) is 5.92 Å². The van der Waals surface area contributed by atoms with Crippen LogP contribution in [0.4, 0.5) is 0 Å². The molecule has 1 atom stereocenters. The Hall–Kier alpha value is -1.37. The van der Waals surface area contributed by atoms with Gasteiger partial charge in [0.05, 0.1) is 0 Å². The summed E-state index contributed by atoms with van der Waals surface area (Å²) >= 11 is 0. The Morgan fingerprint density at radius 2 is 1.73 bits per heavy atom. The molecule has 2 rings (SSSR count). The molecule has 1 aliphatic heterocycles. The van der Waals surface area contributed by atoms with Crippen molar-refractivity contribution in [3.05, 3.63) is 47.7 Å². The molecular formula is C14H17N. The van der Waals surface area contributed by atoms with Crippen LogP contribution < -0.4 is 0 Å². The molecule has 78 valence electrons. The van der Waals surface area contributed by atoms with Gasteiger partial charge in [-0.15, -0.1) is 0 Å². The zero-order valence-corrected chi connectivity index (χ0v) is 9.57. The Morgan fingerprint density at radius 3 is 2.20 bits per heavy atom. The lowest BCUT2D eigenvalue weighted by atomic mass is 9.86. The van der Waals surface area contributed by atoms with Crippen molar-refractivity contribution in [1.82, 2.24) is 0 Å². The summed E-state index contributed by atoms with van der Waals surface area (Å²) in [6, 6.07) is 8.84. The van der Waals surface area contributed by atoms with E-state index in [1.165, 1.54) is 11.1 Å². The van der Waals surface area contributed by atoms with Crippen LogP contribution in [0, 0.1) is 0 Å². The number of aliphatic imine (C=N–C) groups is 1. The van der Waals surface area contributed by atoms with E-state index >= 15 is 0 Å². The first-order valence-corrected chi connectivity index (χ1v) is 5.38. The fraction of sp³-hybridized carbons (Fsp3) is 0.357. The third kappa shape index (κ3) is 2.17. The van der Waals surface area contributed by atoms with Crippen molar-refractivity contribution < 1.29 is 0 Å². The van der Waals surface area contributed by atoms with Crippen molar-refractivity contribution in [3.8, 4) is 0 Å². The third-order valence-electron chi connectivity index (χ3n) is 2.79. The Kier molecular flexibility index (Phi) is 2.47. The fourth-order valence-electron chi connectivity index (χ4n) is 1.74. The lowest BCUT2D eigenvalue weighted by Crippen LogP contribution is -2.10. The van der Waals surface area contributed by atoms with Gasteiger partial charge in [0.1, 0.15) is 0 Å². The molecule has 1 aliphatic rings. The normalized spacial score (nSPS) is 19.8. The zero-order valence-electron chi connectivity index (χ0n) is 9.57. The van der Waals surface area contributed by atoms with Gasteiger partial charge in [-0.25, -0.2) is 0 Å². The van der Waals surface area contributed by atoms with Gasteiger partial charge in [0, 0.05) is 18.3 Å². The first-order chi connectivity index (χ1) is 7.07. The second kappa shape index (κ2) is 3.65. The van der Waals surface area contributed by atoms with Crippen LogP contribution in [0.15, 0.2) is 41.5 Å². The van der Waals surface area contributed by atoms with Gasteiger partial charge in [-0.3, -0.25) is 4.99 Å². The van der Waals surface area contributed by atoms with E-state index in [2.05, 4.69) is 56.1 Å². The molecule has 0 bridgehead atoms. The molecule has 1 unspecified atom stereocenters. The topological polar surface area (TPSA) is 12.4 Å². The SMILES string of the molecule is CC(C)(C)c1ccc(C2C=CN=C2)cc1. The van der Waals surface area contributed by atoms with Crippen molar-refractivity contribution in [1.29, 1.82) is 0 Å². The van der Waals surface area contributed by atoms with Gasteiger partial charge in [0.2, 0.25) is 0 Å². The maximum Gasteiger partial charge on any atom is 0.0391 e. The first-order valence-electron chi connectivity index (χ1n) is 5.38. The minimum atomic E-state index is 0.234. The lowest BCUT2D eigenvalue weighted by Gasteiger charge is -2.19. The van der Waals surface area contributed by atoms with E-state index in [1.807, 2.05) is 12.4 Å². The molecule has 0 saturated heterocycles. The molecular weight excluding hydrogens is 182 g/mol. The largest absolute Gasteiger partial charge is 0.268 e. The van der Waals surface area contributed by atoms with Gasteiger partial charge < -0.3 is 0 Å². The Balaban J connectivity index is 2.24. The molecule has 0 spiro atoms. The monoisotopic (exact) mass is 199 g/mol. The van der Waals surface area contributed by atoms with Crippen LogP contribution in [-0.2, 0) is 5.41 Å². The molecule has 0 fully saturated rings. The predicted molar refractivity (Wildman–Crippen MR) is 65.5 cm³/mol. The van der Waals surface area contributed by atoms with Crippen molar-refractivity contribution in [2.24, 2.45) is 4.99 Å². The number of rotatable bonds is 1. The van der Waals surface area contributed by atoms with Crippen molar-refractivity contribution in [3.63, 3.8) is 0 Å². The standard InChI is InChI=1S/C14H17N/c1-14(2,3)13-6-4-11(5-7-13)12-8-9-15-10-12/h4-10,12H,1-3H3. The van der Waals surface area contributed by atoms with E-state index in [4.69, 9.17) is 0 Å². The second-order valence-electron chi connectivity index (χ2n) is 5.04. The molecule has 1 aromatic rings. The van der Waals surface area contributed by atoms with E-state index < -0.39 is 0 Å². The summed E-state index contributed by atoms with van der Waals surface area (Å²) in [5.41, 5.74) is 2.93. The highest BCUT2D eigenvalue weighted by Gasteiger charge is 2.14. The number of nitrogens with zero attached hydrogens (tertiary/aromatic N) is 1. The molecule has 1 nitrogen and oxygen atoms in total. The van der Waals surface area contributed by atoms with Gasteiger partial charge in [-0.1, -0.05) is 51.1 Å². The van der Waals surface area contributed by atoms with E-state index in [1.54, 1.807) is 0 Å².